The average Bonchev–Trinajstić information content (AvgIpc) is 2.69. The van der Waals surface area contributed by atoms with E-state index >= 15 is 0 Å². The molecular weight excluding hydrogens is 246 g/mol. The predicted octanol–water partition coefficient (Wildman–Crippen LogP) is 3.75. The van der Waals surface area contributed by atoms with Gasteiger partial charge in [-0.3, -0.25) is 11.3 Å². The summed E-state index contributed by atoms with van der Waals surface area (Å²) in [7, 11) is 0. The van der Waals surface area contributed by atoms with Crippen LogP contribution in [0.3, 0.4) is 0 Å². The van der Waals surface area contributed by atoms with Crippen LogP contribution in [0.2, 0.25) is 0 Å². The van der Waals surface area contributed by atoms with E-state index in [-0.39, 0.29) is 12.0 Å². The number of hydrogen-bond acceptors (Lipinski definition) is 2. The maximum absolute atomic E-state index is 14.1. The quantitative estimate of drug-likeness (QED) is 0.498. The molecule has 0 radical (unpaired) electrons. The number of halogens is 2. The van der Waals surface area contributed by atoms with Gasteiger partial charge in [-0.25, -0.2) is 8.78 Å². The van der Waals surface area contributed by atoms with Crippen LogP contribution < -0.4 is 11.3 Å². The van der Waals surface area contributed by atoms with Gasteiger partial charge in [-0.2, -0.15) is 0 Å². The molecule has 3 N–H and O–H groups in total. The summed E-state index contributed by atoms with van der Waals surface area (Å²) in [4.78, 5) is 0. The van der Waals surface area contributed by atoms with E-state index < -0.39 is 11.6 Å². The number of rotatable bonds is 3. The van der Waals surface area contributed by atoms with Crippen molar-refractivity contribution in [1.82, 2.24) is 5.43 Å². The molecule has 4 heteroatoms. The molecule has 1 aromatic carbocycles. The smallest absolute Gasteiger partial charge is 0.163 e. The predicted molar refractivity (Wildman–Crippen MR) is 72.4 cm³/mol. The summed E-state index contributed by atoms with van der Waals surface area (Å²) in [5, 5.41) is 0. The van der Waals surface area contributed by atoms with Crippen LogP contribution in [0, 0.1) is 24.5 Å². The summed E-state index contributed by atoms with van der Waals surface area (Å²) in [5.74, 6) is 4.37. The van der Waals surface area contributed by atoms with Gasteiger partial charge in [0.05, 0.1) is 6.04 Å². The highest BCUT2D eigenvalue weighted by molar-refractivity contribution is 5.28. The van der Waals surface area contributed by atoms with E-state index in [0.29, 0.717) is 11.1 Å². The Balaban J connectivity index is 2.28. The lowest BCUT2D eigenvalue weighted by Gasteiger charge is -2.26. The molecule has 0 aliphatic heterocycles. The average molecular weight is 268 g/mol. The molecule has 0 bridgehead atoms. The normalized spacial score (nSPS) is 19.2. The lowest BCUT2D eigenvalue weighted by molar-refractivity contribution is 0.317. The van der Waals surface area contributed by atoms with Crippen molar-refractivity contribution < 1.29 is 8.78 Å². The number of benzene rings is 1. The van der Waals surface area contributed by atoms with Crippen LogP contribution in [0.4, 0.5) is 8.78 Å². The standard InChI is InChI=1S/C15H22F2N2/c1-10-8-9-12(14(17)13(10)16)15(19-18)11-6-4-2-3-5-7-11/h8-9,11,15,19H,2-7,18H2,1H3. The highest BCUT2D eigenvalue weighted by Gasteiger charge is 2.27. The minimum Gasteiger partial charge on any atom is -0.271 e. The van der Waals surface area contributed by atoms with Crippen LogP contribution in [-0.4, -0.2) is 0 Å². The SMILES string of the molecule is Cc1ccc(C(NN)C2CCCCCC2)c(F)c1F. The Morgan fingerprint density at radius 3 is 2.32 bits per heavy atom. The Labute approximate surface area is 113 Å². The zero-order valence-electron chi connectivity index (χ0n) is 11.4. The molecular formula is C15H22F2N2. The maximum atomic E-state index is 14.1. The van der Waals surface area contributed by atoms with Gasteiger partial charge < -0.3 is 0 Å². The van der Waals surface area contributed by atoms with Crippen molar-refractivity contribution in [1.29, 1.82) is 0 Å². The molecule has 0 saturated heterocycles. The molecule has 1 aromatic rings. The van der Waals surface area contributed by atoms with Crippen LogP contribution >= 0.6 is 0 Å². The second-order valence-corrected chi connectivity index (χ2v) is 5.50. The molecule has 0 amide bonds. The van der Waals surface area contributed by atoms with Crippen molar-refractivity contribution >= 4 is 0 Å². The van der Waals surface area contributed by atoms with Crippen molar-refractivity contribution in [3.8, 4) is 0 Å². The minimum atomic E-state index is -0.758. The highest BCUT2D eigenvalue weighted by Crippen LogP contribution is 2.34. The summed E-state index contributed by atoms with van der Waals surface area (Å²) in [6, 6.07) is 2.98. The van der Waals surface area contributed by atoms with Gasteiger partial charge >= 0.3 is 0 Å². The zero-order valence-corrected chi connectivity index (χ0v) is 11.4. The third-order valence-corrected chi connectivity index (χ3v) is 4.19. The number of hydrazine groups is 1. The van der Waals surface area contributed by atoms with Crippen LogP contribution in [0.1, 0.15) is 55.7 Å². The van der Waals surface area contributed by atoms with Crippen molar-refractivity contribution in [3.05, 3.63) is 34.9 Å². The van der Waals surface area contributed by atoms with Crippen LogP contribution in [0.5, 0.6) is 0 Å². The largest absolute Gasteiger partial charge is 0.271 e. The first-order chi connectivity index (χ1) is 9.15. The Hall–Kier alpha value is -1.00. The molecule has 2 nitrogen and oxygen atoms in total. The number of aryl methyl sites for hydroxylation is 1. The van der Waals surface area contributed by atoms with E-state index in [1.165, 1.54) is 12.8 Å². The molecule has 1 fully saturated rings. The monoisotopic (exact) mass is 268 g/mol. The molecule has 1 saturated carbocycles. The van der Waals surface area contributed by atoms with E-state index in [1.54, 1.807) is 19.1 Å². The van der Waals surface area contributed by atoms with Crippen LogP contribution in [-0.2, 0) is 0 Å². The Kier molecular flexibility index (Phi) is 4.88. The molecule has 0 spiro atoms. The first-order valence-corrected chi connectivity index (χ1v) is 7.05. The Morgan fingerprint density at radius 1 is 1.11 bits per heavy atom. The second-order valence-electron chi connectivity index (χ2n) is 5.50. The van der Waals surface area contributed by atoms with E-state index in [1.807, 2.05) is 0 Å². The van der Waals surface area contributed by atoms with E-state index in [2.05, 4.69) is 5.43 Å². The van der Waals surface area contributed by atoms with Gasteiger partial charge in [-0.05, 0) is 31.2 Å². The van der Waals surface area contributed by atoms with Crippen molar-refractivity contribution in [3.63, 3.8) is 0 Å². The van der Waals surface area contributed by atoms with E-state index in [9.17, 15) is 8.78 Å². The van der Waals surface area contributed by atoms with Gasteiger partial charge in [0.2, 0.25) is 0 Å². The van der Waals surface area contributed by atoms with Gasteiger partial charge in [-0.1, -0.05) is 37.8 Å². The summed E-state index contributed by atoms with van der Waals surface area (Å²) in [5.41, 5.74) is 3.39. The van der Waals surface area contributed by atoms with Gasteiger partial charge in [0.25, 0.3) is 0 Å². The van der Waals surface area contributed by atoms with Crippen molar-refractivity contribution in [2.75, 3.05) is 0 Å². The Bertz CT molecular complexity index is 426. The fourth-order valence-corrected chi connectivity index (χ4v) is 3.03. The molecule has 1 atom stereocenters. The van der Waals surface area contributed by atoms with Crippen LogP contribution in [0.25, 0.3) is 0 Å². The lowest BCUT2D eigenvalue weighted by Crippen LogP contribution is -2.34. The molecule has 0 aromatic heterocycles. The molecule has 19 heavy (non-hydrogen) atoms. The number of hydrogen-bond donors (Lipinski definition) is 2. The van der Waals surface area contributed by atoms with Gasteiger partial charge in [0.15, 0.2) is 11.6 Å². The zero-order chi connectivity index (χ0) is 13.8. The van der Waals surface area contributed by atoms with Crippen molar-refractivity contribution in [2.24, 2.45) is 11.8 Å². The van der Waals surface area contributed by atoms with E-state index in [0.717, 1.165) is 25.7 Å². The van der Waals surface area contributed by atoms with Gasteiger partial charge in [0.1, 0.15) is 0 Å². The van der Waals surface area contributed by atoms with Crippen LogP contribution in [0.15, 0.2) is 12.1 Å². The molecule has 1 aliphatic rings. The maximum Gasteiger partial charge on any atom is 0.163 e. The van der Waals surface area contributed by atoms with Gasteiger partial charge in [0, 0.05) is 5.56 Å². The number of nitrogens with one attached hydrogen (secondary N) is 1. The fraction of sp³-hybridized carbons (Fsp3) is 0.600. The summed E-state index contributed by atoms with van der Waals surface area (Å²) < 4.78 is 27.8. The molecule has 2 rings (SSSR count). The second kappa shape index (κ2) is 6.44. The number of nitrogens with two attached hydrogens (primary N) is 1. The van der Waals surface area contributed by atoms with Gasteiger partial charge in [-0.15, -0.1) is 0 Å². The lowest BCUT2D eigenvalue weighted by atomic mass is 9.87. The van der Waals surface area contributed by atoms with E-state index in [4.69, 9.17) is 5.84 Å². The molecule has 1 aliphatic carbocycles. The first kappa shape index (κ1) is 14.4. The molecule has 106 valence electrons. The molecule has 1 unspecified atom stereocenters. The minimum absolute atomic E-state index is 0.282. The third kappa shape index (κ3) is 3.12. The first-order valence-electron chi connectivity index (χ1n) is 7.05. The third-order valence-electron chi connectivity index (χ3n) is 4.19. The fourth-order valence-electron chi connectivity index (χ4n) is 3.03. The topological polar surface area (TPSA) is 38.0 Å². The Morgan fingerprint density at radius 2 is 1.74 bits per heavy atom. The van der Waals surface area contributed by atoms with Crippen molar-refractivity contribution in [2.45, 2.75) is 51.5 Å². The molecule has 0 heterocycles. The highest BCUT2D eigenvalue weighted by atomic mass is 19.2. The summed E-state index contributed by atoms with van der Waals surface area (Å²) in [6.07, 6.45) is 6.75. The summed E-state index contributed by atoms with van der Waals surface area (Å²) in [6.45, 7) is 1.57. The summed E-state index contributed by atoms with van der Waals surface area (Å²) >= 11 is 0.